The molecule has 0 spiro atoms. The molecule has 0 aliphatic carbocycles. The molecule has 4 heteroatoms. The second-order valence-corrected chi connectivity index (χ2v) is 6.25. The van der Waals surface area contributed by atoms with E-state index in [1.807, 2.05) is 46.0 Å². The Hall–Kier alpha value is -0.420. The summed E-state index contributed by atoms with van der Waals surface area (Å²) in [6.45, 7) is 8.11. The van der Waals surface area contributed by atoms with Crippen molar-refractivity contribution in [2.75, 3.05) is 26.8 Å². The van der Waals surface area contributed by atoms with Crippen LogP contribution in [-0.4, -0.2) is 32.4 Å². The molecule has 19 heavy (non-hydrogen) atoms. The lowest BCUT2D eigenvalue weighted by atomic mass is 10.1. The number of halogens is 1. The lowest BCUT2D eigenvalue weighted by Crippen LogP contribution is -2.25. The first-order valence-corrected chi connectivity index (χ1v) is 7.38. The van der Waals surface area contributed by atoms with Crippen LogP contribution < -0.4 is 5.32 Å². The van der Waals surface area contributed by atoms with E-state index >= 15 is 0 Å². The van der Waals surface area contributed by atoms with Gasteiger partial charge in [-0.3, -0.25) is 0 Å². The van der Waals surface area contributed by atoms with Crippen LogP contribution in [0.3, 0.4) is 0 Å². The lowest BCUT2D eigenvalue weighted by Gasteiger charge is -2.22. The molecule has 1 atom stereocenters. The van der Waals surface area contributed by atoms with Crippen molar-refractivity contribution in [3.8, 4) is 0 Å². The highest BCUT2D eigenvalue weighted by Crippen LogP contribution is 2.25. The predicted octanol–water partition coefficient (Wildman–Crippen LogP) is 3.54. The Morgan fingerprint density at radius 1 is 1.21 bits per heavy atom. The van der Waals surface area contributed by atoms with Gasteiger partial charge in [0.25, 0.3) is 0 Å². The number of rotatable bonds is 7. The maximum absolute atomic E-state index is 5.93. The van der Waals surface area contributed by atoms with Gasteiger partial charge in [-0.25, -0.2) is 0 Å². The Balaban J connectivity index is 2.52. The molecule has 0 radical (unpaired) electrons. The highest BCUT2D eigenvalue weighted by atomic mass is 79.9. The van der Waals surface area contributed by atoms with E-state index < -0.39 is 0 Å². The first-order valence-electron chi connectivity index (χ1n) is 6.58. The van der Waals surface area contributed by atoms with Gasteiger partial charge in [0.05, 0.1) is 24.9 Å². The van der Waals surface area contributed by atoms with Crippen molar-refractivity contribution in [2.45, 2.75) is 32.5 Å². The quantitative estimate of drug-likeness (QED) is 0.776. The number of hydrogen-bond donors (Lipinski definition) is 1. The van der Waals surface area contributed by atoms with E-state index in [1.165, 1.54) is 0 Å². The van der Waals surface area contributed by atoms with E-state index in [0.717, 1.165) is 16.6 Å². The molecule has 0 saturated heterocycles. The van der Waals surface area contributed by atoms with Crippen molar-refractivity contribution in [3.63, 3.8) is 0 Å². The molecule has 0 aromatic heterocycles. The van der Waals surface area contributed by atoms with Gasteiger partial charge in [-0.15, -0.1) is 0 Å². The molecule has 0 amide bonds. The van der Waals surface area contributed by atoms with Gasteiger partial charge in [-0.2, -0.15) is 0 Å². The maximum atomic E-state index is 5.93. The molecule has 1 rings (SSSR count). The predicted molar refractivity (Wildman–Crippen MR) is 82.5 cm³/mol. The highest BCUT2D eigenvalue weighted by Gasteiger charge is 2.15. The molecule has 0 aliphatic heterocycles. The zero-order chi connectivity index (χ0) is 14.3. The largest absolute Gasteiger partial charge is 0.373 e. The molecule has 1 aromatic carbocycles. The van der Waals surface area contributed by atoms with E-state index in [9.17, 15) is 0 Å². The van der Waals surface area contributed by atoms with Gasteiger partial charge in [-0.1, -0.05) is 34.1 Å². The van der Waals surface area contributed by atoms with E-state index in [-0.39, 0.29) is 11.7 Å². The summed E-state index contributed by atoms with van der Waals surface area (Å²) in [5, 5.41) is 3.16. The summed E-state index contributed by atoms with van der Waals surface area (Å²) < 4.78 is 12.7. The number of ether oxygens (including phenoxy) is 2. The lowest BCUT2D eigenvalue weighted by molar-refractivity contribution is -0.0517. The Bertz CT molecular complexity index is 377. The second kappa shape index (κ2) is 8.00. The van der Waals surface area contributed by atoms with Gasteiger partial charge in [0.15, 0.2) is 0 Å². The van der Waals surface area contributed by atoms with Gasteiger partial charge >= 0.3 is 0 Å². The van der Waals surface area contributed by atoms with Crippen LogP contribution in [0.15, 0.2) is 28.7 Å². The SMILES string of the molecule is CNCC(OCCOC(C)(C)C)c1ccccc1Br. The summed E-state index contributed by atoms with van der Waals surface area (Å²) in [6.07, 6.45) is 0.0316. The third kappa shape index (κ3) is 6.52. The minimum Gasteiger partial charge on any atom is -0.373 e. The molecule has 1 N–H and O–H groups in total. The van der Waals surface area contributed by atoms with Gasteiger partial charge in [0.1, 0.15) is 0 Å². The topological polar surface area (TPSA) is 30.5 Å². The minimum absolute atomic E-state index is 0.0316. The van der Waals surface area contributed by atoms with Crippen molar-refractivity contribution < 1.29 is 9.47 Å². The average Bonchev–Trinajstić information content (AvgIpc) is 2.33. The summed E-state index contributed by atoms with van der Waals surface area (Å²) in [5.74, 6) is 0. The maximum Gasteiger partial charge on any atom is 0.0961 e. The van der Waals surface area contributed by atoms with Crippen molar-refractivity contribution in [3.05, 3.63) is 34.3 Å². The highest BCUT2D eigenvalue weighted by molar-refractivity contribution is 9.10. The first kappa shape index (κ1) is 16.6. The molecule has 0 saturated carbocycles. The van der Waals surface area contributed by atoms with Crippen LogP contribution in [0.1, 0.15) is 32.4 Å². The van der Waals surface area contributed by atoms with Crippen LogP contribution in [0.5, 0.6) is 0 Å². The molecule has 108 valence electrons. The Labute approximate surface area is 124 Å². The number of hydrogen-bond acceptors (Lipinski definition) is 3. The fourth-order valence-electron chi connectivity index (χ4n) is 1.72. The van der Waals surface area contributed by atoms with Gasteiger partial charge in [-0.05, 0) is 39.4 Å². The van der Waals surface area contributed by atoms with Crippen LogP contribution in [-0.2, 0) is 9.47 Å². The fourth-order valence-corrected chi connectivity index (χ4v) is 2.26. The molecule has 1 aromatic rings. The van der Waals surface area contributed by atoms with E-state index in [0.29, 0.717) is 13.2 Å². The standard InChI is InChI=1S/C15H24BrNO2/c1-15(2,3)19-10-9-18-14(11-17-4)12-7-5-6-8-13(12)16/h5-8,14,17H,9-11H2,1-4H3. The molecular weight excluding hydrogens is 306 g/mol. The molecule has 3 nitrogen and oxygen atoms in total. The van der Waals surface area contributed by atoms with Crippen LogP contribution in [0.25, 0.3) is 0 Å². The van der Waals surface area contributed by atoms with E-state index in [2.05, 4.69) is 27.3 Å². The molecule has 0 aliphatic rings. The molecule has 1 unspecified atom stereocenters. The Morgan fingerprint density at radius 2 is 1.89 bits per heavy atom. The van der Waals surface area contributed by atoms with Crippen LogP contribution >= 0.6 is 15.9 Å². The molecule has 0 bridgehead atoms. The minimum atomic E-state index is -0.116. The molecule has 0 heterocycles. The van der Waals surface area contributed by atoms with Gasteiger partial charge < -0.3 is 14.8 Å². The van der Waals surface area contributed by atoms with Crippen molar-refractivity contribution in [2.24, 2.45) is 0 Å². The fraction of sp³-hybridized carbons (Fsp3) is 0.600. The first-order chi connectivity index (χ1) is 8.94. The molecular formula is C15H24BrNO2. The smallest absolute Gasteiger partial charge is 0.0961 e. The monoisotopic (exact) mass is 329 g/mol. The molecule has 0 fully saturated rings. The van der Waals surface area contributed by atoms with Crippen LogP contribution in [0.2, 0.25) is 0 Å². The Kier molecular flexibility index (Phi) is 7.00. The summed E-state index contributed by atoms with van der Waals surface area (Å²) >= 11 is 3.57. The summed E-state index contributed by atoms with van der Waals surface area (Å²) in [7, 11) is 1.93. The number of nitrogens with one attached hydrogen (secondary N) is 1. The van der Waals surface area contributed by atoms with Gasteiger partial charge in [0, 0.05) is 11.0 Å². The summed E-state index contributed by atoms with van der Waals surface area (Å²) in [6, 6.07) is 8.15. The van der Waals surface area contributed by atoms with E-state index in [4.69, 9.17) is 9.47 Å². The third-order valence-electron chi connectivity index (χ3n) is 2.58. The van der Waals surface area contributed by atoms with Crippen LogP contribution in [0, 0.1) is 0 Å². The zero-order valence-corrected chi connectivity index (χ0v) is 13.8. The van der Waals surface area contributed by atoms with Crippen molar-refractivity contribution >= 4 is 15.9 Å². The normalized spacial score (nSPS) is 13.5. The Morgan fingerprint density at radius 3 is 2.47 bits per heavy atom. The van der Waals surface area contributed by atoms with Crippen molar-refractivity contribution in [1.29, 1.82) is 0 Å². The number of benzene rings is 1. The zero-order valence-electron chi connectivity index (χ0n) is 12.2. The van der Waals surface area contributed by atoms with Gasteiger partial charge in [0.2, 0.25) is 0 Å². The summed E-state index contributed by atoms with van der Waals surface area (Å²) in [4.78, 5) is 0. The van der Waals surface area contributed by atoms with Crippen LogP contribution in [0.4, 0.5) is 0 Å². The van der Waals surface area contributed by atoms with E-state index in [1.54, 1.807) is 0 Å². The average molecular weight is 330 g/mol. The third-order valence-corrected chi connectivity index (χ3v) is 3.30. The number of likely N-dealkylation sites (N-methyl/N-ethyl adjacent to an activating group) is 1. The second-order valence-electron chi connectivity index (χ2n) is 5.40. The van der Waals surface area contributed by atoms with Crippen molar-refractivity contribution in [1.82, 2.24) is 5.32 Å². The summed E-state index contributed by atoms with van der Waals surface area (Å²) in [5.41, 5.74) is 1.04.